The third-order valence-electron chi connectivity index (χ3n) is 1.82. The molecule has 0 radical (unpaired) electrons. The molecule has 0 spiro atoms. The Morgan fingerprint density at radius 3 is 2.47 bits per heavy atom. The van der Waals surface area contributed by atoms with Crippen LogP contribution >= 0.6 is 66.9 Å². The molecule has 2 aromatic rings. The fourth-order valence-electron chi connectivity index (χ4n) is 1.13. The van der Waals surface area contributed by atoms with Crippen LogP contribution in [-0.2, 0) is 0 Å². The zero-order chi connectivity index (χ0) is 10.1. The van der Waals surface area contributed by atoms with Gasteiger partial charge in [0.25, 0.3) is 0 Å². The van der Waals surface area contributed by atoms with E-state index in [2.05, 4.69) is 44.0 Å². The van der Waals surface area contributed by atoms with E-state index in [1.165, 1.54) is 9.75 Å². The zero-order valence-electron chi connectivity index (χ0n) is 7.44. The van der Waals surface area contributed by atoms with Crippen LogP contribution in [0.15, 0.2) is 31.8 Å². The largest absolute Gasteiger partial charge is 0.319 e. The van der Waals surface area contributed by atoms with E-state index in [9.17, 15) is 0 Å². The van der Waals surface area contributed by atoms with Crippen molar-refractivity contribution in [3.05, 3.63) is 41.6 Å². The van der Waals surface area contributed by atoms with Gasteiger partial charge >= 0.3 is 0 Å². The molecule has 2 N–H and O–H groups in total. The van der Waals surface area contributed by atoms with Gasteiger partial charge in [-0.15, -0.1) is 35.1 Å². The van der Waals surface area contributed by atoms with Crippen molar-refractivity contribution in [1.82, 2.24) is 0 Å². The Balaban J connectivity index is 0.00000112. The molecule has 0 bridgehead atoms. The summed E-state index contributed by atoms with van der Waals surface area (Å²) in [6.45, 7) is 0. The minimum Gasteiger partial charge on any atom is -0.319 e. The maximum Gasteiger partial charge on any atom is 0.0843 e. The molecule has 0 saturated heterocycles. The standard InChI is InChI=1S/C9H7Br2NS2.ClH/c10-5-4-7(14-9(5)11)8(12)6-2-1-3-13-6;/h1-4,8H,12H2;1H/t8-;/m1./s1. The lowest BCUT2D eigenvalue weighted by atomic mass is 10.2. The smallest absolute Gasteiger partial charge is 0.0843 e. The van der Waals surface area contributed by atoms with Crippen molar-refractivity contribution < 1.29 is 0 Å². The highest BCUT2D eigenvalue weighted by Gasteiger charge is 2.14. The molecule has 0 aliphatic carbocycles. The predicted molar refractivity (Wildman–Crippen MR) is 77.3 cm³/mol. The molecule has 0 unspecified atom stereocenters. The minimum absolute atomic E-state index is 0. The summed E-state index contributed by atoms with van der Waals surface area (Å²) >= 11 is 10.3. The van der Waals surface area contributed by atoms with Gasteiger partial charge in [0, 0.05) is 14.2 Å². The lowest BCUT2D eigenvalue weighted by molar-refractivity contribution is 0.917. The monoisotopic (exact) mass is 387 g/mol. The van der Waals surface area contributed by atoms with Gasteiger partial charge in [0.05, 0.1) is 9.83 Å². The van der Waals surface area contributed by atoms with Crippen LogP contribution in [0.25, 0.3) is 0 Å². The predicted octanol–water partition coefficient (Wildman–Crippen LogP) is 4.80. The Morgan fingerprint density at radius 1 is 1.27 bits per heavy atom. The fraction of sp³-hybridized carbons (Fsp3) is 0.111. The summed E-state index contributed by atoms with van der Waals surface area (Å²) < 4.78 is 2.17. The van der Waals surface area contributed by atoms with E-state index in [4.69, 9.17) is 5.73 Å². The summed E-state index contributed by atoms with van der Waals surface area (Å²) in [7, 11) is 0. The van der Waals surface area contributed by atoms with E-state index in [0.29, 0.717) is 0 Å². The molecule has 15 heavy (non-hydrogen) atoms. The summed E-state index contributed by atoms with van der Waals surface area (Å²) in [6, 6.07) is 6.16. The molecular formula is C9H8Br2ClNS2. The molecular weight excluding hydrogens is 382 g/mol. The van der Waals surface area contributed by atoms with Crippen LogP contribution in [0.4, 0.5) is 0 Å². The van der Waals surface area contributed by atoms with Crippen LogP contribution in [0.2, 0.25) is 0 Å². The van der Waals surface area contributed by atoms with Crippen molar-refractivity contribution in [1.29, 1.82) is 0 Å². The number of halogens is 3. The van der Waals surface area contributed by atoms with E-state index in [-0.39, 0.29) is 18.4 Å². The molecule has 0 aliphatic heterocycles. The van der Waals surface area contributed by atoms with Gasteiger partial charge in [-0.25, -0.2) is 0 Å². The van der Waals surface area contributed by atoms with Gasteiger partial charge in [-0.05, 0) is 49.4 Å². The molecule has 6 heteroatoms. The number of nitrogens with two attached hydrogens (primary N) is 1. The highest BCUT2D eigenvalue weighted by Crippen LogP contribution is 2.37. The van der Waals surface area contributed by atoms with E-state index in [1.807, 2.05) is 11.4 Å². The number of hydrogen-bond acceptors (Lipinski definition) is 3. The molecule has 0 fully saturated rings. The van der Waals surface area contributed by atoms with Crippen LogP contribution in [0.5, 0.6) is 0 Å². The first kappa shape index (κ1) is 13.7. The SMILES string of the molecule is Cl.N[C@H](c1cccs1)c1cc(Br)c(Br)s1. The highest BCUT2D eigenvalue weighted by molar-refractivity contribution is 9.13. The lowest BCUT2D eigenvalue weighted by Gasteiger charge is -2.05. The highest BCUT2D eigenvalue weighted by atomic mass is 79.9. The normalized spacial score (nSPS) is 12.2. The first-order valence-electron chi connectivity index (χ1n) is 3.92. The first-order chi connectivity index (χ1) is 6.68. The summed E-state index contributed by atoms with van der Waals surface area (Å²) in [4.78, 5) is 2.37. The fourth-order valence-corrected chi connectivity index (χ4v) is 4.05. The number of hydrogen-bond donors (Lipinski definition) is 1. The van der Waals surface area contributed by atoms with Crippen molar-refractivity contribution in [2.75, 3.05) is 0 Å². The van der Waals surface area contributed by atoms with Gasteiger partial charge in [-0.1, -0.05) is 6.07 Å². The molecule has 0 saturated carbocycles. The Kier molecular flexibility index (Phi) is 5.28. The van der Waals surface area contributed by atoms with Crippen LogP contribution < -0.4 is 5.73 Å². The molecule has 1 atom stereocenters. The van der Waals surface area contributed by atoms with Gasteiger partial charge in [0.1, 0.15) is 0 Å². The molecule has 2 heterocycles. The van der Waals surface area contributed by atoms with Gasteiger partial charge < -0.3 is 5.73 Å². The average Bonchev–Trinajstić information content (AvgIpc) is 2.76. The Hall–Kier alpha value is 0.610. The topological polar surface area (TPSA) is 26.0 Å². The van der Waals surface area contributed by atoms with Gasteiger partial charge in [-0.2, -0.15) is 0 Å². The molecule has 0 aliphatic rings. The maximum atomic E-state index is 6.12. The van der Waals surface area contributed by atoms with Gasteiger partial charge in [0.2, 0.25) is 0 Å². The second-order valence-electron chi connectivity index (χ2n) is 2.76. The Labute approximate surface area is 119 Å². The molecule has 0 aromatic carbocycles. The molecule has 2 aromatic heterocycles. The summed E-state index contributed by atoms with van der Waals surface area (Å²) in [5.74, 6) is 0. The third kappa shape index (κ3) is 3.05. The van der Waals surface area contributed by atoms with E-state index >= 15 is 0 Å². The van der Waals surface area contributed by atoms with Crippen molar-refractivity contribution in [3.8, 4) is 0 Å². The molecule has 1 nitrogen and oxygen atoms in total. The second kappa shape index (κ2) is 5.80. The van der Waals surface area contributed by atoms with Crippen LogP contribution in [0.1, 0.15) is 15.8 Å². The van der Waals surface area contributed by atoms with Crippen LogP contribution in [0.3, 0.4) is 0 Å². The third-order valence-corrected chi connectivity index (χ3v) is 6.12. The van der Waals surface area contributed by atoms with Gasteiger partial charge in [0.15, 0.2) is 0 Å². The minimum atomic E-state index is 0. The van der Waals surface area contributed by atoms with Crippen molar-refractivity contribution >= 4 is 66.9 Å². The Morgan fingerprint density at radius 2 is 2.00 bits per heavy atom. The van der Waals surface area contributed by atoms with E-state index in [1.54, 1.807) is 22.7 Å². The number of thiophene rings is 2. The van der Waals surface area contributed by atoms with Crippen molar-refractivity contribution in [2.24, 2.45) is 5.73 Å². The van der Waals surface area contributed by atoms with Crippen molar-refractivity contribution in [2.45, 2.75) is 6.04 Å². The van der Waals surface area contributed by atoms with Crippen LogP contribution in [-0.4, -0.2) is 0 Å². The lowest BCUT2D eigenvalue weighted by Crippen LogP contribution is -2.07. The summed E-state index contributed by atoms with van der Waals surface area (Å²) in [5.41, 5.74) is 6.12. The first-order valence-corrected chi connectivity index (χ1v) is 7.20. The molecule has 2 rings (SSSR count). The van der Waals surface area contributed by atoms with E-state index in [0.717, 1.165) is 8.26 Å². The zero-order valence-corrected chi connectivity index (χ0v) is 13.1. The summed E-state index contributed by atoms with van der Waals surface area (Å²) in [6.07, 6.45) is 0. The molecule has 0 amide bonds. The average molecular weight is 390 g/mol. The van der Waals surface area contributed by atoms with Crippen molar-refractivity contribution in [3.63, 3.8) is 0 Å². The quantitative estimate of drug-likeness (QED) is 0.784. The van der Waals surface area contributed by atoms with Crippen LogP contribution in [0, 0.1) is 0 Å². The molecule has 82 valence electrons. The number of rotatable bonds is 2. The Bertz CT molecular complexity index is 408. The second-order valence-corrected chi connectivity index (χ2v) is 7.00. The van der Waals surface area contributed by atoms with E-state index < -0.39 is 0 Å². The summed E-state index contributed by atoms with van der Waals surface area (Å²) in [5, 5.41) is 2.05. The van der Waals surface area contributed by atoms with Gasteiger partial charge in [-0.3, -0.25) is 0 Å². The maximum absolute atomic E-state index is 6.12.